The number of nitrogens with zero attached hydrogens (tertiary/aromatic N) is 2. The summed E-state index contributed by atoms with van der Waals surface area (Å²) in [5.41, 5.74) is -0.396. The fourth-order valence-electron chi connectivity index (χ4n) is 1.94. The average Bonchev–Trinajstić information content (AvgIpc) is 2.82. The number of nitrogens with one attached hydrogen (secondary N) is 1. The zero-order valence-corrected chi connectivity index (χ0v) is 12.7. The van der Waals surface area contributed by atoms with Crippen molar-refractivity contribution in [2.75, 3.05) is 11.6 Å². The van der Waals surface area contributed by atoms with Gasteiger partial charge in [0, 0.05) is 17.4 Å². The molecule has 22 heavy (non-hydrogen) atoms. The lowest BCUT2D eigenvalue weighted by Gasteiger charge is -2.16. The summed E-state index contributed by atoms with van der Waals surface area (Å²) in [6.45, 7) is 3.02. The highest BCUT2D eigenvalue weighted by molar-refractivity contribution is 7.98. The predicted molar refractivity (Wildman–Crippen MR) is 75.0 cm³/mol. The number of benzene rings is 1. The first kappa shape index (κ1) is 16.3. The van der Waals surface area contributed by atoms with E-state index in [-0.39, 0.29) is 27.9 Å². The van der Waals surface area contributed by atoms with E-state index in [1.165, 1.54) is 13.2 Å². The van der Waals surface area contributed by atoms with Gasteiger partial charge in [-0.05, 0) is 30.9 Å². The molecule has 1 aromatic heterocycles. The van der Waals surface area contributed by atoms with E-state index in [1.807, 2.05) is 0 Å². The van der Waals surface area contributed by atoms with Crippen LogP contribution in [0.2, 0.25) is 0 Å². The van der Waals surface area contributed by atoms with Crippen LogP contribution in [0, 0.1) is 13.8 Å². The molecule has 0 radical (unpaired) electrons. The molecule has 0 atom stereocenters. The molecule has 118 valence electrons. The Balaban J connectivity index is 2.38. The van der Waals surface area contributed by atoms with E-state index >= 15 is 0 Å². The molecule has 0 fully saturated rings. The minimum absolute atomic E-state index is 0.0156. The third-order valence-electron chi connectivity index (χ3n) is 2.91. The lowest BCUT2D eigenvalue weighted by Crippen LogP contribution is -2.16. The van der Waals surface area contributed by atoms with E-state index in [0.717, 1.165) is 23.9 Å². The van der Waals surface area contributed by atoms with Gasteiger partial charge in [0.2, 0.25) is 5.89 Å². The Kier molecular flexibility index (Phi) is 4.45. The summed E-state index contributed by atoms with van der Waals surface area (Å²) in [7, 11) is 0. The molecule has 5 nitrogen and oxygen atoms in total. The van der Waals surface area contributed by atoms with Gasteiger partial charge in [-0.15, -0.1) is 16.9 Å². The van der Waals surface area contributed by atoms with E-state index in [0.29, 0.717) is 0 Å². The molecule has 0 bridgehead atoms. The summed E-state index contributed by atoms with van der Waals surface area (Å²) in [6, 6.07) is 1.93. The topological polar surface area (TPSA) is 68.0 Å². The van der Waals surface area contributed by atoms with E-state index in [4.69, 9.17) is 4.42 Å². The van der Waals surface area contributed by atoms with E-state index < -0.39 is 17.6 Å². The van der Waals surface area contributed by atoms with Gasteiger partial charge in [-0.3, -0.25) is 10.1 Å². The minimum atomic E-state index is -4.47. The standard InChI is InChI=1S/C13H12F3N3O2S/c1-6-8(11(20)17-12-19-18-7(2)21-12)4-5-9(10(6)22-3)13(14,15)16/h4-5H,1-3H3,(H,17,19,20). The van der Waals surface area contributed by atoms with Crippen molar-refractivity contribution in [3.8, 4) is 0 Å². The Morgan fingerprint density at radius 2 is 1.95 bits per heavy atom. The van der Waals surface area contributed by atoms with Crippen LogP contribution in [0.1, 0.15) is 27.4 Å². The van der Waals surface area contributed by atoms with Crippen molar-refractivity contribution in [2.45, 2.75) is 24.9 Å². The van der Waals surface area contributed by atoms with Crippen LogP contribution in [-0.2, 0) is 6.18 Å². The Morgan fingerprint density at radius 3 is 2.45 bits per heavy atom. The monoisotopic (exact) mass is 331 g/mol. The molecule has 2 aromatic rings. The second-order valence-electron chi connectivity index (χ2n) is 4.40. The van der Waals surface area contributed by atoms with Gasteiger partial charge in [0.05, 0.1) is 5.56 Å². The number of hydrogen-bond acceptors (Lipinski definition) is 5. The number of alkyl halides is 3. The number of thioether (sulfide) groups is 1. The van der Waals surface area contributed by atoms with Crippen molar-refractivity contribution >= 4 is 23.7 Å². The van der Waals surface area contributed by atoms with Gasteiger partial charge in [-0.1, -0.05) is 5.10 Å². The lowest BCUT2D eigenvalue weighted by atomic mass is 10.0. The Morgan fingerprint density at radius 1 is 1.27 bits per heavy atom. The molecular formula is C13H12F3N3O2S. The van der Waals surface area contributed by atoms with Crippen LogP contribution in [0.4, 0.5) is 19.2 Å². The summed E-state index contributed by atoms with van der Waals surface area (Å²) in [5, 5.41) is 9.52. The van der Waals surface area contributed by atoms with Crippen LogP contribution >= 0.6 is 11.8 Å². The molecule has 0 saturated heterocycles. The fraction of sp³-hybridized carbons (Fsp3) is 0.308. The SMILES string of the molecule is CSc1c(C(F)(F)F)ccc(C(=O)Nc2nnc(C)o2)c1C. The smallest absolute Gasteiger partial charge is 0.408 e. The van der Waals surface area contributed by atoms with Crippen LogP contribution in [0.15, 0.2) is 21.4 Å². The van der Waals surface area contributed by atoms with Crippen molar-refractivity contribution in [1.82, 2.24) is 10.2 Å². The maximum atomic E-state index is 13.0. The van der Waals surface area contributed by atoms with Crippen molar-refractivity contribution in [1.29, 1.82) is 0 Å². The number of anilines is 1. The molecule has 9 heteroatoms. The first-order valence-corrected chi connectivity index (χ1v) is 7.32. The summed E-state index contributed by atoms with van der Waals surface area (Å²) in [5.74, 6) is -0.339. The maximum Gasteiger partial charge on any atom is 0.417 e. The summed E-state index contributed by atoms with van der Waals surface area (Å²) in [4.78, 5) is 12.2. The highest BCUT2D eigenvalue weighted by atomic mass is 32.2. The summed E-state index contributed by atoms with van der Waals surface area (Å²) in [6.07, 6.45) is -2.94. The number of halogens is 3. The molecule has 1 aromatic carbocycles. The quantitative estimate of drug-likeness (QED) is 0.869. The third-order valence-corrected chi connectivity index (χ3v) is 3.84. The molecule has 1 heterocycles. The molecule has 0 unspecified atom stereocenters. The van der Waals surface area contributed by atoms with Gasteiger partial charge in [0.15, 0.2) is 0 Å². The summed E-state index contributed by atoms with van der Waals surface area (Å²) < 4.78 is 43.9. The molecule has 0 aliphatic carbocycles. The number of rotatable bonds is 3. The average molecular weight is 331 g/mol. The Bertz CT molecular complexity index is 713. The van der Waals surface area contributed by atoms with Crippen molar-refractivity contribution in [3.05, 3.63) is 34.7 Å². The minimum Gasteiger partial charge on any atom is -0.408 e. The van der Waals surface area contributed by atoms with Gasteiger partial charge in [-0.2, -0.15) is 13.2 Å². The van der Waals surface area contributed by atoms with Gasteiger partial charge in [0.1, 0.15) is 0 Å². The molecule has 2 rings (SSSR count). The molecule has 0 saturated carbocycles. The molecular weight excluding hydrogens is 319 g/mol. The normalized spacial score (nSPS) is 11.5. The largest absolute Gasteiger partial charge is 0.417 e. The fourth-order valence-corrected chi connectivity index (χ4v) is 2.76. The first-order valence-electron chi connectivity index (χ1n) is 6.10. The maximum absolute atomic E-state index is 13.0. The predicted octanol–water partition coefficient (Wildman–Crippen LogP) is 3.68. The van der Waals surface area contributed by atoms with E-state index in [2.05, 4.69) is 15.5 Å². The number of amides is 1. The highest BCUT2D eigenvalue weighted by Gasteiger charge is 2.34. The van der Waals surface area contributed by atoms with Crippen molar-refractivity contribution in [3.63, 3.8) is 0 Å². The van der Waals surface area contributed by atoms with Crippen LogP contribution in [0.25, 0.3) is 0 Å². The van der Waals surface area contributed by atoms with Gasteiger partial charge in [0.25, 0.3) is 5.91 Å². The third kappa shape index (κ3) is 3.24. The summed E-state index contributed by atoms with van der Waals surface area (Å²) >= 11 is 0.939. The van der Waals surface area contributed by atoms with Gasteiger partial charge >= 0.3 is 12.2 Å². The van der Waals surface area contributed by atoms with E-state index in [1.54, 1.807) is 6.92 Å². The van der Waals surface area contributed by atoms with Crippen LogP contribution in [-0.4, -0.2) is 22.4 Å². The molecule has 0 aliphatic heterocycles. The second-order valence-corrected chi connectivity index (χ2v) is 5.21. The zero-order chi connectivity index (χ0) is 16.5. The Hall–Kier alpha value is -2.03. The van der Waals surface area contributed by atoms with Crippen molar-refractivity contribution < 1.29 is 22.4 Å². The van der Waals surface area contributed by atoms with Gasteiger partial charge in [-0.25, -0.2) is 0 Å². The highest BCUT2D eigenvalue weighted by Crippen LogP contribution is 2.38. The number of aryl methyl sites for hydroxylation is 1. The first-order chi connectivity index (χ1) is 10.2. The molecule has 0 aliphatic rings. The van der Waals surface area contributed by atoms with Gasteiger partial charge < -0.3 is 4.42 Å². The second kappa shape index (κ2) is 5.99. The number of hydrogen-bond donors (Lipinski definition) is 1. The number of carbonyl (C=O) groups excluding carboxylic acids is 1. The molecule has 1 N–H and O–H groups in total. The number of aromatic nitrogens is 2. The van der Waals surface area contributed by atoms with E-state index in [9.17, 15) is 18.0 Å². The molecule has 0 spiro atoms. The lowest BCUT2D eigenvalue weighted by molar-refractivity contribution is -0.139. The van der Waals surface area contributed by atoms with Crippen LogP contribution in [0.5, 0.6) is 0 Å². The van der Waals surface area contributed by atoms with Crippen LogP contribution < -0.4 is 5.32 Å². The number of carbonyl (C=O) groups is 1. The zero-order valence-electron chi connectivity index (χ0n) is 11.9. The van der Waals surface area contributed by atoms with Crippen LogP contribution in [0.3, 0.4) is 0 Å². The van der Waals surface area contributed by atoms with Crippen molar-refractivity contribution in [2.24, 2.45) is 0 Å². The Labute approximate surface area is 128 Å². The molecule has 1 amide bonds.